The molecular formula is C19H37IN4O2. The van der Waals surface area contributed by atoms with Gasteiger partial charge in [-0.2, -0.15) is 0 Å². The van der Waals surface area contributed by atoms with Crippen molar-refractivity contribution in [1.82, 2.24) is 15.1 Å². The van der Waals surface area contributed by atoms with Crippen molar-refractivity contribution < 1.29 is 9.53 Å². The molecule has 152 valence electrons. The van der Waals surface area contributed by atoms with E-state index < -0.39 is 0 Å². The van der Waals surface area contributed by atoms with E-state index in [4.69, 9.17) is 4.74 Å². The number of rotatable bonds is 5. The number of amides is 1. The number of piperidine rings is 1. The molecule has 1 saturated heterocycles. The molecule has 0 radical (unpaired) electrons. The lowest BCUT2D eigenvalue weighted by Crippen LogP contribution is -2.51. The summed E-state index contributed by atoms with van der Waals surface area (Å²) < 4.78 is 5.16. The molecular weight excluding hydrogens is 443 g/mol. The zero-order chi connectivity index (χ0) is 18.1. The predicted octanol–water partition coefficient (Wildman–Crippen LogP) is 2.72. The van der Waals surface area contributed by atoms with Gasteiger partial charge in [0.2, 0.25) is 5.91 Å². The molecule has 0 aromatic carbocycles. The molecule has 1 saturated carbocycles. The average molecular weight is 480 g/mol. The van der Waals surface area contributed by atoms with E-state index >= 15 is 0 Å². The number of halogens is 1. The Labute approximate surface area is 176 Å². The molecule has 2 rings (SSSR count). The van der Waals surface area contributed by atoms with Crippen LogP contribution in [0.5, 0.6) is 0 Å². The third kappa shape index (κ3) is 7.21. The molecule has 0 aromatic heterocycles. The second-order valence-electron chi connectivity index (χ2n) is 7.79. The van der Waals surface area contributed by atoms with Crippen LogP contribution in [-0.2, 0) is 9.53 Å². The highest BCUT2D eigenvalue weighted by molar-refractivity contribution is 14.0. The van der Waals surface area contributed by atoms with Crippen LogP contribution in [0.2, 0.25) is 0 Å². The lowest BCUT2D eigenvalue weighted by atomic mass is 9.74. The monoisotopic (exact) mass is 480 g/mol. The molecule has 26 heavy (non-hydrogen) atoms. The van der Waals surface area contributed by atoms with Crippen LogP contribution in [0, 0.1) is 5.41 Å². The van der Waals surface area contributed by atoms with Gasteiger partial charge in [0.25, 0.3) is 0 Å². The summed E-state index contributed by atoms with van der Waals surface area (Å²) >= 11 is 0. The van der Waals surface area contributed by atoms with E-state index in [9.17, 15) is 4.79 Å². The smallest absolute Gasteiger partial charge is 0.243 e. The van der Waals surface area contributed by atoms with Crippen molar-refractivity contribution in [3.05, 3.63) is 0 Å². The fourth-order valence-electron chi connectivity index (χ4n) is 4.09. The lowest BCUT2D eigenvalue weighted by Gasteiger charge is -2.44. The molecule has 1 amide bonds. The predicted molar refractivity (Wildman–Crippen MR) is 117 cm³/mol. The summed E-state index contributed by atoms with van der Waals surface area (Å²) in [7, 11) is 5.25. The molecule has 1 N–H and O–H groups in total. The maximum absolute atomic E-state index is 11.9. The molecule has 0 unspecified atom stereocenters. The van der Waals surface area contributed by atoms with Crippen LogP contribution in [0.15, 0.2) is 4.99 Å². The average Bonchev–Trinajstić information content (AvgIpc) is 2.83. The van der Waals surface area contributed by atoms with Crippen LogP contribution >= 0.6 is 24.0 Å². The second kappa shape index (κ2) is 12.0. The molecule has 6 nitrogen and oxygen atoms in total. The van der Waals surface area contributed by atoms with Crippen molar-refractivity contribution in [2.45, 2.75) is 51.4 Å². The maximum atomic E-state index is 11.9. The Balaban J connectivity index is 0.00000338. The number of nitrogens with zero attached hydrogens (tertiary/aromatic N) is 3. The van der Waals surface area contributed by atoms with Gasteiger partial charge in [-0.15, -0.1) is 24.0 Å². The summed E-state index contributed by atoms with van der Waals surface area (Å²) in [6, 6.07) is 0. The van der Waals surface area contributed by atoms with Crippen molar-refractivity contribution in [3.63, 3.8) is 0 Å². The van der Waals surface area contributed by atoms with Crippen molar-refractivity contribution >= 4 is 35.8 Å². The Bertz CT molecular complexity index is 449. The van der Waals surface area contributed by atoms with Crippen LogP contribution in [0.4, 0.5) is 0 Å². The zero-order valence-electron chi connectivity index (χ0n) is 16.8. The normalized spacial score (nSPS) is 20.3. The number of ether oxygens (including phenoxy) is 1. The van der Waals surface area contributed by atoms with Crippen molar-refractivity contribution in [1.29, 1.82) is 0 Å². The first kappa shape index (κ1) is 23.5. The molecule has 0 atom stereocenters. The minimum Gasteiger partial charge on any atom is -0.383 e. The van der Waals surface area contributed by atoms with E-state index in [0.29, 0.717) is 12.0 Å². The SMILES string of the molecule is COCCNC(=NCC(=O)N(C)C)N1CCCC2(CCCCCC2)C1.I. The van der Waals surface area contributed by atoms with Gasteiger partial charge in [-0.3, -0.25) is 4.79 Å². The molecule has 2 aliphatic rings. The van der Waals surface area contributed by atoms with Gasteiger partial charge in [0, 0.05) is 40.8 Å². The van der Waals surface area contributed by atoms with E-state index in [-0.39, 0.29) is 36.4 Å². The van der Waals surface area contributed by atoms with Crippen LogP contribution in [0.25, 0.3) is 0 Å². The van der Waals surface area contributed by atoms with Crippen LogP contribution in [0.1, 0.15) is 51.4 Å². The quantitative estimate of drug-likeness (QED) is 0.285. The number of carbonyl (C=O) groups is 1. The number of likely N-dealkylation sites (tertiary alicyclic amines) is 1. The van der Waals surface area contributed by atoms with Gasteiger partial charge in [-0.25, -0.2) is 4.99 Å². The Morgan fingerprint density at radius 1 is 1.15 bits per heavy atom. The number of methoxy groups -OCH3 is 1. The molecule has 1 aliphatic heterocycles. The summed E-state index contributed by atoms with van der Waals surface area (Å²) in [5, 5.41) is 3.40. The fraction of sp³-hybridized carbons (Fsp3) is 0.895. The van der Waals surface area contributed by atoms with Gasteiger partial charge in [0.1, 0.15) is 6.54 Å². The molecule has 0 aromatic rings. The first-order valence-corrected chi connectivity index (χ1v) is 9.79. The number of aliphatic imine (C=N–C) groups is 1. The second-order valence-corrected chi connectivity index (χ2v) is 7.79. The van der Waals surface area contributed by atoms with E-state index in [2.05, 4.69) is 15.2 Å². The van der Waals surface area contributed by atoms with Crippen molar-refractivity contribution in [3.8, 4) is 0 Å². The van der Waals surface area contributed by atoms with Gasteiger partial charge >= 0.3 is 0 Å². The van der Waals surface area contributed by atoms with Crippen molar-refractivity contribution in [2.75, 3.05) is 54.0 Å². The molecule has 1 spiro atoms. The van der Waals surface area contributed by atoms with E-state index in [1.807, 2.05) is 0 Å². The topological polar surface area (TPSA) is 57.2 Å². The van der Waals surface area contributed by atoms with Crippen LogP contribution in [0.3, 0.4) is 0 Å². The van der Waals surface area contributed by atoms with E-state index in [1.54, 1.807) is 26.1 Å². The zero-order valence-corrected chi connectivity index (χ0v) is 19.1. The number of nitrogens with one attached hydrogen (secondary N) is 1. The van der Waals surface area contributed by atoms with Crippen molar-refractivity contribution in [2.24, 2.45) is 10.4 Å². The third-order valence-corrected chi connectivity index (χ3v) is 5.58. The Hall–Kier alpha value is -0.570. The molecule has 1 heterocycles. The molecule has 1 aliphatic carbocycles. The summed E-state index contributed by atoms with van der Waals surface area (Å²) in [6.07, 6.45) is 10.7. The largest absolute Gasteiger partial charge is 0.383 e. The lowest BCUT2D eigenvalue weighted by molar-refractivity contribution is -0.127. The highest BCUT2D eigenvalue weighted by Gasteiger charge is 2.36. The minimum absolute atomic E-state index is 0. The summed E-state index contributed by atoms with van der Waals surface area (Å²) in [4.78, 5) is 20.6. The molecule has 7 heteroatoms. The van der Waals surface area contributed by atoms with Gasteiger partial charge < -0.3 is 19.9 Å². The maximum Gasteiger partial charge on any atom is 0.243 e. The Morgan fingerprint density at radius 2 is 1.81 bits per heavy atom. The van der Waals surface area contributed by atoms with E-state index in [1.165, 1.54) is 51.4 Å². The van der Waals surface area contributed by atoms with Crippen LogP contribution < -0.4 is 5.32 Å². The number of likely N-dealkylation sites (N-methyl/N-ethyl adjacent to an activating group) is 1. The summed E-state index contributed by atoms with van der Waals surface area (Å²) in [6.45, 7) is 3.65. The van der Waals surface area contributed by atoms with Gasteiger partial charge in [-0.1, -0.05) is 25.7 Å². The third-order valence-electron chi connectivity index (χ3n) is 5.58. The number of carbonyl (C=O) groups excluding carboxylic acids is 1. The fourth-order valence-corrected chi connectivity index (χ4v) is 4.09. The standard InChI is InChI=1S/C19H36N4O2.HI/c1-22(2)17(24)15-21-18(20-12-14-25-3)23-13-8-11-19(16-23)9-6-4-5-7-10-19;/h4-16H2,1-3H3,(H,20,21);1H. The minimum atomic E-state index is 0. The first-order chi connectivity index (χ1) is 12.1. The summed E-state index contributed by atoms with van der Waals surface area (Å²) in [5.41, 5.74) is 0.448. The van der Waals surface area contributed by atoms with Gasteiger partial charge in [0.05, 0.1) is 6.61 Å². The van der Waals surface area contributed by atoms with E-state index in [0.717, 1.165) is 25.6 Å². The molecule has 2 fully saturated rings. The van der Waals surface area contributed by atoms with Crippen LogP contribution in [-0.4, -0.2) is 75.7 Å². The number of guanidine groups is 1. The van der Waals surface area contributed by atoms with Gasteiger partial charge in [0.15, 0.2) is 5.96 Å². The first-order valence-electron chi connectivity index (χ1n) is 9.79. The summed E-state index contributed by atoms with van der Waals surface area (Å²) in [5.74, 6) is 0.905. The highest BCUT2D eigenvalue weighted by atomic mass is 127. The number of hydrogen-bond donors (Lipinski definition) is 1. The molecule has 0 bridgehead atoms. The number of hydrogen-bond acceptors (Lipinski definition) is 3. The Morgan fingerprint density at radius 3 is 2.42 bits per heavy atom. The highest BCUT2D eigenvalue weighted by Crippen LogP contribution is 2.42. The Kier molecular flexibility index (Phi) is 10.8. The van der Waals surface area contributed by atoms with Gasteiger partial charge in [-0.05, 0) is 31.1 Å².